The van der Waals surface area contributed by atoms with Crippen molar-refractivity contribution in [3.05, 3.63) is 53.1 Å². The van der Waals surface area contributed by atoms with Gasteiger partial charge in [0.25, 0.3) is 0 Å². The van der Waals surface area contributed by atoms with Gasteiger partial charge in [-0.1, -0.05) is 24.6 Å². The maximum atomic E-state index is 13.5. The Morgan fingerprint density at radius 3 is 2.34 bits per heavy atom. The third-order valence-corrected chi connectivity index (χ3v) is 7.24. The van der Waals surface area contributed by atoms with Gasteiger partial charge >= 0.3 is 6.03 Å². The molecule has 2 aromatic rings. The first kappa shape index (κ1) is 26.0. The Hall–Kier alpha value is -2.29. The molecule has 2 amide bonds. The summed E-state index contributed by atoms with van der Waals surface area (Å²) in [6.45, 7) is 7.75. The summed E-state index contributed by atoms with van der Waals surface area (Å²) in [5.41, 5.74) is 2.24. The third-order valence-electron chi connectivity index (χ3n) is 5.05. The van der Waals surface area contributed by atoms with Gasteiger partial charge in [-0.2, -0.15) is 4.31 Å². The highest BCUT2D eigenvalue weighted by atomic mass is 35.5. The van der Waals surface area contributed by atoms with E-state index in [0.717, 1.165) is 11.3 Å². The Kier molecular flexibility index (Phi) is 8.95. The molecule has 32 heavy (non-hydrogen) atoms. The molecule has 2 rings (SSSR count). The molecule has 2 aromatic carbocycles. The van der Waals surface area contributed by atoms with Crippen molar-refractivity contribution in [1.29, 1.82) is 0 Å². The lowest BCUT2D eigenvalue weighted by Crippen LogP contribution is -2.38. The average molecular weight is 481 g/mol. The smallest absolute Gasteiger partial charge is 0.319 e. The number of urea groups is 1. The predicted molar refractivity (Wildman–Crippen MR) is 132 cm³/mol. The first-order valence-corrected chi connectivity index (χ1v) is 12.4. The van der Waals surface area contributed by atoms with Gasteiger partial charge in [0.15, 0.2) is 0 Å². The largest absolute Gasteiger partial charge is 0.377 e. The minimum Gasteiger partial charge on any atom is -0.377 e. The van der Waals surface area contributed by atoms with E-state index in [4.69, 9.17) is 11.6 Å². The van der Waals surface area contributed by atoms with Crippen molar-refractivity contribution in [1.82, 2.24) is 9.62 Å². The summed E-state index contributed by atoms with van der Waals surface area (Å²) < 4.78 is 28.5. The van der Waals surface area contributed by atoms with Crippen LogP contribution < -0.4 is 15.5 Å². The van der Waals surface area contributed by atoms with Crippen LogP contribution in [-0.2, 0) is 16.6 Å². The molecule has 176 valence electrons. The second-order valence-corrected chi connectivity index (χ2v) is 10.6. The molecular weight excluding hydrogens is 448 g/mol. The number of hydrogen-bond acceptors (Lipinski definition) is 4. The normalized spacial score (nSPS) is 12.7. The lowest BCUT2D eigenvalue weighted by atomic mass is 10.1. The monoisotopic (exact) mass is 480 g/mol. The molecule has 1 atom stereocenters. The molecule has 0 saturated carbocycles. The minimum absolute atomic E-state index is 0.000691. The van der Waals surface area contributed by atoms with Crippen molar-refractivity contribution in [2.45, 2.75) is 57.6 Å². The number of sulfonamides is 1. The standard InChI is InChI=1S/C23H33ClN4O3S/c1-7-17(4)28(32(30,31)21-10-8-9-19(24)14-21)15-18-13-20(11-12-22(18)27(5)6)26-23(29)25-16(2)3/h8-14,16-17H,7,15H2,1-6H3,(H2,25,26,29). The molecule has 0 aliphatic carbocycles. The summed E-state index contributed by atoms with van der Waals surface area (Å²) in [5, 5.41) is 5.98. The van der Waals surface area contributed by atoms with Gasteiger partial charge in [-0.25, -0.2) is 13.2 Å². The van der Waals surface area contributed by atoms with Crippen LogP contribution in [0.1, 0.15) is 39.7 Å². The number of rotatable bonds is 9. The van der Waals surface area contributed by atoms with Gasteiger partial charge in [-0.15, -0.1) is 0 Å². The zero-order valence-corrected chi connectivity index (χ0v) is 21.1. The van der Waals surface area contributed by atoms with Gasteiger partial charge in [-0.05, 0) is 69.2 Å². The van der Waals surface area contributed by atoms with Crippen LogP contribution in [0.3, 0.4) is 0 Å². The molecule has 2 N–H and O–H groups in total. The Morgan fingerprint density at radius 1 is 1.09 bits per heavy atom. The van der Waals surface area contributed by atoms with Crippen LogP contribution in [0.2, 0.25) is 5.02 Å². The Bertz CT molecular complexity index is 1040. The molecular formula is C23H33ClN4O3S. The summed E-state index contributed by atoms with van der Waals surface area (Å²) >= 11 is 6.07. The molecule has 0 heterocycles. The number of carbonyl (C=O) groups excluding carboxylic acids is 1. The molecule has 0 aliphatic heterocycles. The molecule has 1 unspecified atom stereocenters. The van der Waals surface area contributed by atoms with Crippen molar-refractivity contribution in [2.75, 3.05) is 24.3 Å². The summed E-state index contributed by atoms with van der Waals surface area (Å²) in [7, 11) is 0.00185. The van der Waals surface area contributed by atoms with E-state index in [9.17, 15) is 13.2 Å². The second-order valence-electron chi connectivity index (χ2n) is 8.26. The van der Waals surface area contributed by atoms with Crippen molar-refractivity contribution < 1.29 is 13.2 Å². The fourth-order valence-electron chi connectivity index (χ4n) is 3.27. The van der Waals surface area contributed by atoms with Crippen molar-refractivity contribution in [2.24, 2.45) is 0 Å². The summed E-state index contributed by atoms with van der Waals surface area (Å²) in [5.74, 6) is 0. The maximum Gasteiger partial charge on any atom is 0.319 e. The van der Waals surface area contributed by atoms with E-state index in [1.807, 2.05) is 58.8 Å². The average Bonchev–Trinajstić information content (AvgIpc) is 2.70. The topological polar surface area (TPSA) is 81.8 Å². The molecule has 9 heteroatoms. The van der Waals surface area contributed by atoms with Crippen LogP contribution in [0.4, 0.5) is 16.2 Å². The summed E-state index contributed by atoms with van der Waals surface area (Å²) in [4.78, 5) is 14.2. The van der Waals surface area contributed by atoms with E-state index in [-0.39, 0.29) is 29.6 Å². The highest BCUT2D eigenvalue weighted by Gasteiger charge is 2.29. The molecule has 0 spiro atoms. The third kappa shape index (κ3) is 6.60. The van der Waals surface area contributed by atoms with E-state index in [0.29, 0.717) is 17.1 Å². The van der Waals surface area contributed by atoms with Gasteiger partial charge in [-0.3, -0.25) is 0 Å². The van der Waals surface area contributed by atoms with E-state index in [1.165, 1.54) is 10.4 Å². The molecule has 0 fully saturated rings. The van der Waals surface area contributed by atoms with Crippen LogP contribution in [0.25, 0.3) is 0 Å². The Balaban J connectivity index is 2.47. The summed E-state index contributed by atoms with van der Waals surface area (Å²) in [6, 6.07) is 11.2. The zero-order chi connectivity index (χ0) is 24.1. The lowest BCUT2D eigenvalue weighted by Gasteiger charge is -2.30. The minimum atomic E-state index is -3.80. The number of carbonyl (C=O) groups is 1. The molecule has 0 bridgehead atoms. The van der Waals surface area contributed by atoms with Gasteiger partial charge in [0, 0.05) is 49.1 Å². The van der Waals surface area contributed by atoms with Gasteiger partial charge < -0.3 is 15.5 Å². The maximum absolute atomic E-state index is 13.5. The van der Waals surface area contributed by atoms with Crippen LogP contribution >= 0.6 is 11.6 Å². The number of nitrogens with zero attached hydrogens (tertiary/aromatic N) is 2. The quantitative estimate of drug-likeness (QED) is 0.533. The molecule has 0 radical (unpaired) electrons. The highest BCUT2D eigenvalue weighted by Crippen LogP contribution is 2.29. The van der Waals surface area contributed by atoms with Crippen LogP contribution in [-0.4, -0.2) is 44.9 Å². The zero-order valence-electron chi connectivity index (χ0n) is 19.5. The lowest BCUT2D eigenvalue weighted by molar-refractivity contribution is 0.250. The van der Waals surface area contributed by atoms with Crippen LogP contribution in [0.15, 0.2) is 47.4 Å². The summed E-state index contributed by atoms with van der Waals surface area (Å²) in [6.07, 6.45) is 0.645. The number of hydrogen-bond donors (Lipinski definition) is 2. The fraction of sp³-hybridized carbons (Fsp3) is 0.435. The first-order valence-electron chi connectivity index (χ1n) is 10.6. The molecule has 0 aliphatic rings. The van der Waals surface area contributed by atoms with Gasteiger partial charge in [0.05, 0.1) is 4.90 Å². The Labute approximate surface area is 196 Å². The highest BCUT2D eigenvalue weighted by molar-refractivity contribution is 7.89. The van der Waals surface area contributed by atoms with Crippen molar-refractivity contribution in [3.63, 3.8) is 0 Å². The predicted octanol–water partition coefficient (Wildman–Crippen LogP) is 4.93. The number of halogens is 1. The Morgan fingerprint density at radius 2 is 1.78 bits per heavy atom. The van der Waals surface area contributed by atoms with E-state index < -0.39 is 10.0 Å². The SMILES string of the molecule is CCC(C)N(Cc1cc(NC(=O)NC(C)C)ccc1N(C)C)S(=O)(=O)c1cccc(Cl)c1. The van der Waals surface area contributed by atoms with Crippen molar-refractivity contribution >= 4 is 39.0 Å². The van der Waals surface area contributed by atoms with Gasteiger partial charge in [0.1, 0.15) is 0 Å². The van der Waals surface area contributed by atoms with Crippen molar-refractivity contribution in [3.8, 4) is 0 Å². The molecule has 7 nitrogen and oxygen atoms in total. The number of benzene rings is 2. The number of nitrogens with one attached hydrogen (secondary N) is 2. The number of amides is 2. The van der Waals surface area contributed by atoms with Gasteiger partial charge in [0.2, 0.25) is 10.0 Å². The van der Waals surface area contributed by atoms with E-state index >= 15 is 0 Å². The van der Waals surface area contributed by atoms with E-state index in [2.05, 4.69) is 10.6 Å². The number of anilines is 2. The second kappa shape index (κ2) is 11.0. The van der Waals surface area contributed by atoms with Crippen LogP contribution in [0.5, 0.6) is 0 Å². The fourth-order valence-corrected chi connectivity index (χ4v) is 5.25. The molecule has 0 saturated heterocycles. The first-order chi connectivity index (χ1) is 14.9. The molecule has 0 aromatic heterocycles. The van der Waals surface area contributed by atoms with Crippen LogP contribution in [0, 0.1) is 0 Å². The van der Waals surface area contributed by atoms with E-state index in [1.54, 1.807) is 24.3 Å².